The summed E-state index contributed by atoms with van der Waals surface area (Å²) in [5, 5.41) is 3.71. The molecule has 3 aliphatic heterocycles. The van der Waals surface area contributed by atoms with Crippen molar-refractivity contribution in [3.8, 4) is 0 Å². The molecule has 4 rings (SSSR count). The SMILES string of the molecule is CC(C)(C)OC(=O)/N=C1\N[C@](C)(c2cccc(N)c2Cl)CC(=O)N1C1C[C@H]2CC[C@@H](C1)O2. The Kier molecular flexibility index (Phi) is 5.88. The quantitative estimate of drug-likeness (QED) is 0.644. The van der Waals surface area contributed by atoms with E-state index in [-0.39, 0.29) is 36.5 Å². The highest BCUT2D eigenvalue weighted by Crippen LogP contribution is 2.40. The molecule has 0 saturated carbocycles. The van der Waals surface area contributed by atoms with Crippen molar-refractivity contribution in [2.45, 2.75) is 89.2 Å². The van der Waals surface area contributed by atoms with Gasteiger partial charge in [-0.3, -0.25) is 9.69 Å². The topological polar surface area (TPSA) is 106 Å². The van der Waals surface area contributed by atoms with Crippen LogP contribution in [0, 0.1) is 0 Å². The van der Waals surface area contributed by atoms with E-state index in [0.717, 1.165) is 12.8 Å². The monoisotopic (exact) mass is 462 g/mol. The summed E-state index contributed by atoms with van der Waals surface area (Å²) in [6.07, 6.45) is 3.07. The van der Waals surface area contributed by atoms with Crippen molar-refractivity contribution in [1.82, 2.24) is 10.2 Å². The molecule has 3 aliphatic rings. The van der Waals surface area contributed by atoms with Crippen molar-refractivity contribution < 1.29 is 19.1 Å². The van der Waals surface area contributed by atoms with Crippen LogP contribution in [0.1, 0.15) is 65.4 Å². The third kappa shape index (κ3) is 4.57. The Bertz CT molecular complexity index is 948. The standard InChI is InChI=1S/C23H31ClN4O4/c1-22(2,3)32-21(30)26-20-27-23(4,16-6-5-7-17(25)19(16)24)12-18(29)28(20)13-10-14-8-9-15(11-13)31-14/h5-7,13-15H,8-12,25H2,1-4H3,(H,26,27,30)/t13?,14-,15+,23-/m0/s1. The summed E-state index contributed by atoms with van der Waals surface area (Å²) in [7, 11) is 0. The van der Waals surface area contributed by atoms with Gasteiger partial charge in [0.1, 0.15) is 5.60 Å². The van der Waals surface area contributed by atoms with Gasteiger partial charge in [-0.1, -0.05) is 23.7 Å². The zero-order chi connectivity index (χ0) is 23.3. The fraction of sp³-hybridized carbons (Fsp3) is 0.609. The second kappa shape index (κ2) is 8.23. The number of hydrogen-bond donors (Lipinski definition) is 2. The molecule has 1 aromatic carbocycles. The van der Waals surface area contributed by atoms with Crippen molar-refractivity contribution in [2.75, 3.05) is 5.73 Å². The van der Waals surface area contributed by atoms with E-state index in [1.54, 1.807) is 37.8 Å². The van der Waals surface area contributed by atoms with Gasteiger partial charge in [0.05, 0.1) is 34.9 Å². The molecular formula is C23H31ClN4O4. The molecule has 1 unspecified atom stereocenters. The van der Waals surface area contributed by atoms with Gasteiger partial charge in [0, 0.05) is 6.04 Å². The van der Waals surface area contributed by atoms with Crippen LogP contribution in [0.3, 0.4) is 0 Å². The van der Waals surface area contributed by atoms with Gasteiger partial charge in [-0.05, 0) is 65.0 Å². The molecule has 2 bridgehead atoms. The summed E-state index contributed by atoms with van der Waals surface area (Å²) in [6.45, 7) is 7.18. The maximum atomic E-state index is 13.5. The molecule has 8 nitrogen and oxygen atoms in total. The minimum atomic E-state index is -0.884. The number of hydrogen-bond acceptors (Lipinski definition) is 5. The van der Waals surface area contributed by atoms with Crippen LogP contribution in [0.2, 0.25) is 5.02 Å². The first-order valence-corrected chi connectivity index (χ1v) is 11.4. The fourth-order valence-electron chi connectivity index (χ4n) is 4.87. The number of carbonyl (C=O) groups is 2. The lowest BCUT2D eigenvalue weighted by atomic mass is 9.85. The highest BCUT2D eigenvalue weighted by molar-refractivity contribution is 6.34. The van der Waals surface area contributed by atoms with E-state index in [2.05, 4.69) is 10.3 Å². The summed E-state index contributed by atoms with van der Waals surface area (Å²) in [4.78, 5) is 32.0. The Morgan fingerprint density at radius 1 is 1.31 bits per heavy atom. The Balaban J connectivity index is 1.70. The number of nitrogens with two attached hydrogens (primary N) is 1. The lowest BCUT2D eigenvalue weighted by Crippen LogP contribution is -2.63. The molecule has 1 aromatic rings. The summed E-state index contributed by atoms with van der Waals surface area (Å²) >= 11 is 6.50. The largest absolute Gasteiger partial charge is 0.442 e. The van der Waals surface area contributed by atoms with E-state index in [0.29, 0.717) is 29.1 Å². The Hall–Kier alpha value is -2.32. The first-order chi connectivity index (χ1) is 14.9. The molecule has 9 heteroatoms. The van der Waals surface area contributed by atoms with E-state index < -0.39 is 17.2 Å². The number of nitrogen functional groups attached to an aromatic ring is 1. The van der Waals surface area contributed by atoms with Crippen LogP contribution < -0.4 is 11.1 Å². The molecule has 0 aliphatic carbocycles. The number of anilines is 1. The second-order valence-corrected chi connectivity index (χ2v) is 10.5. The number of nitrogens with zero attached hydrogens (tertiary/aromatic N) is 2. The van der Waals surface area contributed by atoms with Gasteiger partial charge in [0.25, 0.3) is 0 Å². The third-order valence-corrected chi connectivity index (χ3v) is 6.66. The number of nitrogens with one attached hydrogen (secondary N) is 1. The second-order valence-electron chi connectivity index (χ2n) is 10.1. The third-order valence-electron chi connectivity index (χ3n) is 6.23. The Morgan fingerprint density at radius 2 is 1.97 bits per heavy atom. The summed E-state index contributed by atoms with van der Waals surface area (Å²) < 4.78 is 11.4. The molecule has 3 fully saturated rings. The minimum absolute atomic E-state index is 0.0942. The molecule has 3 N–H and O–H groups in total. The van der Waals surface area contributed by atoms with E-state index >= 15 is 0 Å². The molecule has 3 heterocycles. The number of fused-ring (bicyclic) bond motifs is 2. The minimum Gasteiger partial charge on any atom is -0.442 e. The van der Waals surface area contributed by atoms with Crippen LogP contribution in [-0.4, -0.2) is 46.7 Å². The molecule has 174 valence electrons. The number of rotatable bonds is 2. The number of ether oxygens (including phenoxy) is 2. The number of amides is 2. The average molecular weight is 463 g/mol. The summed E-state index contributed by atoms with van der Waals surface area (Å²) in [6, 6.07) is 5.23. The van der Waals surface area contributed by atoms with Crippen LogP contribution in [0.4, 0.5) is 10.5 Å². The Labute approximate surface area is 193 Å². The molecule has 3 saturated heterocycles. The van der Waals surface area contributed by atoms with E-state index in [1.165, 1.54) is 0 Å². The summed E-state index contributed by atoms with van der Waals surface area (Å²) in [5.41, 5.74) is 5.53. The number of aliphatic imine (C=N–C) groups is 1. The number of halogens is 1. The molecular weight excluding hydrogens is 432 g/mol. The van der Waals surface area contributed by atoms with E-state index in [4.69, 9.17) is 26.8 Å². The van der Waals surface area contributed by atoms with Crippen LogP contribution in [0.15, 0.2) is 23.2 Å². The van der Waals surface area contributed by atoms with Gasteiger partial charge < -0.3 is 20.5 Å². The molecule has 4 atom stereocenters. The van der Waals surface area contributed by atoms with Crippen molar-refractivity contribution in [3.05, 3.63) is 28.8 Å². The van der Waals surface area contributed by atoms with Crippen LogP contribution in [-0.2, 0) is 19.8 Å². The van der Waals surface area contributed by atoms with Crippen molar-refractivity contribution in [3.63, 3.8) is 0 Å². The maximum Gasteiger partial charge on any atom is 0.437 e. The van der Waals surface area contributed by atoms with Crippen LogP contribution in [0.25, 0.3) is 0 Å². The highest BCUT2D eigenvalue weighted by atomic mass is 35.5. The predicted molar refractivity (Wildman–Crippen MR) is 122 cm³/mol. The predicted octanol–water partition coefficient (Wildman–Crippen LogP) is 3.96. The zero-order valence-electron chi connectivity index (χ0n) is 19.0. The highest BCUT2D eigenvalue weighted by Gasteiger charge is 2.47. The lowest BCUT2D eigenvalue weighted by molar-refractivity contribution is -0.135. The molecule has 0 spiro atoms. The first kappa shape index (κ1) is 22.9. The van der Waals surface area contributed by atoms with Gasteiger partial charge in [-0.15, -0.1) is 4.99 Å². The van der Waals surface area contributed by atoms with Crippen LogP contribution >= 0.6 is 11.6 Å². The smallest absolute Gasteiger partial charge is 0.437 e. The van der Waals surface area contributed by atoms with Gasteiger partial charge in [0.2, 0.25) is 11.9 Å². The Morgan fingerprint density at radius 3 is 2.59 bits per heavy atom. The molecule has 0 aromatic heterocycles. The van der Waals surface area contributed by atoms with Gasteiger partial charge in [0.15, 0.2) is 0 Å². The van der Waals surface area contributed by atoms with Crippen molar-refractivity contribution in [1.29, 1.82) is 0 Å². The number of guanidine groups is 1. The number of carbonyl (C=O) groups excluding carboxylic acids is 2. The van der Waals surface area contributed by atoms with Crippen molar-refractivity contribution in [2.24, 2.45) is 4.99 Å². The van der Waals surface area contributed by atoms with Crippen molar-refractivity contribution >= 4 is 35.2 Å². The zero-order valence-corrected chi connectivity index (χ0v) is 19.7. The van der Waals surface area contributed by atoms with E-state index in [9.17, 15) is 9.59 Å². The maximum absolute atomic E-state index is 13.5. The molecule has 2 amide bonds. The molecule has 32 heavy (non-hydrogen) atoms. The molecule has 0 radical (unpaired) electrons. The lowest BCUT2D eigenvalue weighted by Gasteiger charge is -2.46. The van der Waals surface area contributed by atoms with Gasteiger partial charge in [-0.25, -0.2) is 4.79 Å². The average Bonchev–Trinajstić information content (AvgIpc) is 2.99. The summed E-state index contributed by atoms with van der Waals surface area (Å²) in [5.74, 6) is 0.0566. The first-order valence-electron chi connectivity index (χ1n) is 11.1. The van der Waals surface area contributed by atoms with Gasteiger partial charge >= 0.3 is 6.09 Å². The number of benzene rings is 1. The van der Waals surface area contributed by atoms with Gasteiger partial charge in [-0.2, -0.15) is 0 Å². The normalized spacial score (nSPS) is 31.5. The van der Waals surface area contributed by atoms with E-state index in [1.807, 2.05) is 13.0 Å². The van der Waals surface area contributed by atoms with Crippen LogP contribution in [0.5, 0.6) is 0 Å². The fourth-order valence-corrected chi connectivity index (χ4v) is 5.20.